The Morgan fingerprint density at radius 3 is 2.76 bits per heavy atom. The molecule has 0 radical (unpaired) electrons. The van der Waals surface area contributed by atoms with Gasteiger partial charge in [0.05, 0.1) is 6.61 Å². The monoisotopic (exact) mass is 289 g/mol. The second-order valence-corrected chi connectivity index (χ2v) is 5.55. The molecule has 0 aliphatic heterocycles. The van der Waals surface area contributed by atoms with Crippen molar-refractivity contribution < 1.29 is 14.6 Å². The second-order valence-electron chi connectivity index (χ2n) is 5.55. The summed E-state index contributed by atoms with van der Waals surface area (Å²) in [6, 6.07) is 6.80. The molecule has 0 unspecified atom stereocenters. The SMILES string of the molecule is O=c1cc(CN(CCO)C2CCC2)c2ccc(O)cc2o1. The molecule has 5 nitrogen and oxygen atoms in total. The normalized spacial score (nSPS) is 15.5. The standard InChI is InChI=1S/C16H19NO4/c18-7-6-17(12-2-1-3-12)10-11-8-16(20)21-15-9-13(19)4-5-14(11)15/h4-5,8-9,12,18-19H,1-3,6-7,10H2. The van der Waals surface area contributed by atoms with Crippen LogP contribution in [0.2, 0.25) is 0 Å². The van der Waals surface area contributed by atoms with Crippen LogP contribution in [0.1, 0.15) is 24.8 Å². The van der Waals surface area contributed by atoms with E-state index in [4.69, 9.17) is 4.42 Å². The summed E-state index contributed by atoms with van der Waals surface area (Å²) in [5.74, 6) is 0.0778. The third kappa shape index (κ3) is 2.94. The molecule has 1 heterocycles. The van der Waals surface area contributed by atoms with E-state index in [1.54, 1.807) is 12.1 Å². The number of benzene rings is 1. The number of phenols is 1. The van der Waals surface area contributed by atoms with Crippen molar-refractivity contribution in [2.45, 2.75) is 31.8 Å². The number of aliphatic hydroxyl groups is 1. The first-order valence-corrected chi connectivity index (χ1v) is 7.28. The largest absolute Gasteiger partial charge is 0.508 e. The van der Waals surface area contributed by atoms with E-state index in [0.29, 0.717) is 24.7 Å². The van der Waals surface area contributed by atoms with Crippen molar-refractivity contribution in [3.63, 3.8) is 0 Å². The number of hydrogen-bond acceptors (Lipinski definition) is 5. The van der Waals surface area contributed by atoms with Gasteiger partial charge in [-0.3, -0.25) is 4.90 Å². The summed E-state index contributed by atoms with van der Waals surface area (Å²) in [7, 11) is 0. The van der Waals surface area contributed by atoms with Crippen molar-refractivity contribution in [2.24, 2.45) is 0 Å². The molecule has 112 valence electrons. The summed E-state index contributed by atoms with van der Waals surface area (Å²) >= 11 is 0. The second kappa shape index (κ2) is 5.87. The Kier molecular flexibility index (Phi) is 3.94. The molecule has 0 amide bonds. The van der Waals surface area contributed by atoms with Crippen molar-refractivity contribution in [1.82, 2.24) is 4.90 Å². The van der Waals surface area contributed by atoms with Gasteiger partial charge in [0.1, 0.15) is 11.3 Å². The molecule has 2 N–H and O–H groups in total. The minimum Gasteiger partial charge on any atom is -0.508 e. The molecule has 1 saturated carbocycles. The van der Waals surface area contributed by atoms with E-state index in [-0.39, 0.29) is 12.4 Å². The van der Waals surface area contributed by atoms with E-state index in [2.05, 4.69) is 4.90 Å². The van der Waals surface area contributed by atoms with Gasteiger partial charge in [-0.2, -0.15) is 0 Å². The fourth-order valence-corrected chi connectivity index (χ4v) is 2.84. The van der Waals surface area contributed by atoms with Crippen LogP contribution in [0.15, 0.2) is 33.5 Å². The summed E-state index contributed by atoms with van der Waals surface area (Å²) in [5.41, 5.74) is 0.859. The van der Waals surface area contributed by atoms with E-state index in [9.17, 15) is 15.0 Å². The van der Waals surface area contributed by atoms with E-state index in [0.717, 1.165) is 23.8 Å². The predicted molar refractivity (Wildman–Crippen MR) is 79.3 cm³/mol. The zero-order valence-corrected chi connectivity index (χ0v) is 11.8. The van der Waals surface area contributed by atoms with Gasteiger partial charge in [-0.1, -0.05) is 6.42 Å². The maximum Gasteiger partial charge on any atom is 0.336 e. The third-order valence-corrected chi connectivity index (χ3v) is 4.17. The highest BCUT2D eigenvalue weighted by molar-refractivity contribution is 5.81. The van der Waals surface area contributed by atoms with Crippen LogP contribution >= 0.6 is 0 Å². The first-order chi connectivity index (χ1) is 10.2. The molecule has 5 heteroatoms. The molecule has 1 aromatic carbocycles. The molecular weight excluding hydrogens is 270 g/mol. The van der Waals surface area contributed by atoms with Gasteiger partial charge in [-0.05, 0) is 30.5 Å². The topological polar surface area (TPSA) is 73.9 Å². The number of aliphatic hydroxyl groups excluding tert-OH is 1. The van der Waals surface area contributed by atoms with Crippen molar-refractivity contribution >= 4 is 11.0 Å². The van der Waals surface area contributed by atoms with Crippen LogP contribution in [-0.2, 0) is 6.54 Å². The highest BCUT2D eigenvalue weighted by atomic mass is 16.4. The highest BCUT2D eigenvalue weighted by Gasteiger charge is 2.25. The van der Waals surface area contributed by atoms with Gasteiger partial charge in [-0.25, -0.2) is 4.79 Å². The molecule has 1 aliphatic rings. The summed E-state index contributed by atoms with van der Waals surface area (Å²) in [4.78, 5) is 13.9. The van der Waals surface area contributed by atoms with Crippen LogP contribution in [0, 0.1) is 0 Å². The Bertz CT molecular complexity index is 690. The molecule has 0 atom stereocenters. The Morgan fingerprint density at radius 1 is 1.29 bits per heavy atom. The zero-order chi connectivity index (χ0) is 14.8. The smallest absolute Gasteiger partial charge is 0.336 e. The Hall–Kier alpha value is -1.85. The number of hydrogen-bond donors (Lipinski definition) is 2. The highest BCUT2D eigenvalue weighted by Crippen LogP contribution is 2.28. The third-order valence-electron chi connectivity index (χ3n) is 4.17. The Labute approximate surface area is 122 Å². The van der Waals surface area contributed by atoms with E-state index in [1.165, 1.54) is 18.6 Å². The summed E-state index contributed by atoms with van der Waals surface area (Å²) < 4.78 is 5.14. The number of fused-ring (bicyclic) bond motifs is 1. The van der Waals surface area contributed by atoms with Gasteiger partial charge in [0.25, 0.3) is 0 Å². The molecule has 1 fully saturated rings. The number of phenolic OH excluding ortho intramolecular Hbond substituents is 1. The lowest BCUT2D eigenvalue weighted by atomic mass is 9.91. The van der Waals surface area contributed by atoms with Crippen LogP contribution in [-0.4, -0.2) is 34.3 Å². The molecule has 0 bridgehead atoms. The van der Waals surface area contributed by atoms with Crippen molar-refractivity contribution in [1.29, 1.82) is 0 Å². The van der Waals surface area contributed by atoms with E-state index >= 15 is 0 Å². The molecule has 0 saturated heterocycles. The molecule has 1 aliphatic carbocycles. The Morgan fingerprint density at radius 2 is 2.10 bits per heavy atom. The molecule has 3 rings (SSSR count). The van der Waals surface area contributed by atoms with Crippen molar-refractivity contribution in [3.05, 3.63) is 40.2 Å². The molecule has 2 aromatic rings. The van der Waals surface area contributed by atoms with Crippen LogP contribution in [0.5, 0.6) is 5.75 Å². The Balaban J connectivity index is 1.96. The molecular formula is C16H19NO4. The maximum absolute atomic E-state index is 11.7. The van der Waals surface area contributed by atoms with Gasteiger partial charge in [-0.15, -0.1) is 0 Å². The summed E-state index contributed by atoms with van der Waals surface area (Å²) in [5, 5.41) is 19.6. The zero-order valence-electron chi connectivity index (χ0n) is 11.8. The van der Waals surface area contributed by atoms with E-state index < -0.39 is 5.63 Å². The lowest BCUT2D eigenvalue weighted by molar-refractivity contribution is 0.0948. The summed E-state index contributed by atoms with van der Waals surface area (Å²) in [6.45, 7) is 1.32. The fourth-order valence-electron chi connectivity index (χ4n) is 2.84. The van der Waals surface area contributed by atoms with E-state index in [1.807, 2.05) is 0 Å². The number of rotatable bonds is 5. The van der Waals surface area contributed by atoms with Crippen LogP contribution in [0.25, 0.3) is 11.0 Å². The lowest BCUT2D eigenvalue weighted by Crippen LogP contribution is -2.41. The predicted octanol–water partition coefficient (Wildman–Crippen LogP) is 1.85. The van der Waals surface area contributed by atoms with Crippen LogP contribution in [0.3, 0.4) is 0 Å². The summed E-state index contributed by atoms with van der Waals surface area (Å²) in [6.07, 6.45) is 3.50. The van der Waals surface area contributed by atoms with Gasteiger partial charge in [0.15, 0.2) is 0 Å². The number of aromatic hydroxyl groups is 1. The van der Waals surface area contributed by atoms with Gasteiger partial charge >= 0.3 is 5.63 Å². The number of nitrogens with zero attached hydrogens (tertiary/aromatic N) is 1. The first kappa shape index (κ1) is 14.1. The molecule has 0 spiro atoms. The van der Waals surface area contributed by atoms with Crippen LogP contribution in [0.4, 0.5) is 0 Å². The maximum atomic E-state index is 11.7. The minimum absolute atomic E-state index is 0.0778. The average Bonchev–Trinajstić information content (AvgIpc) is 2.36. The average molecular weight is 289 g/mol. The quantitative estimate of drug-likeness (QED) is 0.822. The van der Waals surface area contributed by atoms with Crippen LogP contribution < -0.4 is 5.63 Å². The minimum atomic E-state index is -0.416. The van der Waals surface area contributed by atoms with Crippen molar-refractivity contribution in [2.75, 3.05) is 13.2 Å². The molecule has 21 heavy (non-hydrogen) atoms. The van der Waals surface area contributed by atoms with Gasteiger partial charge in [0.2, 0.25) is 0 Å². The molecule has 1 aromatic heterocycles. The van der Waals surface area contributed by atoms with Crippen molar-refractivity contribution in [3.8, 4) is 5.75 Å². The lowest BCUT2D eigenvalue weighted by Gasteiger charge is -2.37. The fraction of sp³-hybridized carbons (Fsp3) is 0.438. The van der Waals surface area contributed by atoms with Gasteiger partial charge < -0.3 is 14.6 Å². The first-order valence-electron chi connectivity index (χ1n) is 7.28. The van der Waals surface area contributed by atoms with Gasteiger partial charge in [0, 0.05) is 36.7 Å².